The second kappa shape index (κ2) is 14.6. The van der Waals surface area contributed by atoms with E-state index < -0.39 is 16.0 Å². The molecular formula is C35H33BrClN3O5S3. The molecule has 6 rings (SSSR count). The van der Waals surface area contributed by atoms with Crippen molar-refractivity contribution in [2.24, 2.45) is 0 Å². The van der Waals surface area contributed by atoms with Gasteiger partial charge in [-0.15, -0.1) is 22.7 Å². The molecule has 0 aliphatic carbocycles. The third-order valence-electron chi connectivity index (χ3n) is 8.37. The number of amides is 1. The van der Waals surface area contributed by atoms with Crippen molar-refractivity contribution in [1.82, 2.24) is 4.90 Å². The molecule has 0 atom stereocenters. The lowest BCUT2D eigenvalue weighted by Gasteiger charge is -2.38. The number of carbonyl (C=O) groups is 2. The molecule has 1 aliphatic rings. The summed E-state index contributed by atoms with van der Waals surface area (Å²) >= 11 is 12.7. The van der Waals surface area contributed by atoms with Crippen molar-refractivity contribution in [3.8, 4) is 0 Å². The van der Waals surface area contributed by atoms with Gasteiger partial charge in [0.1, 0.15) is 9.75 Å². The van der Waals surface area contributed by atoms with Crippen LogP contribution >= 0.6 is 50.2 Å². The predicted molar refractivity (Wildman–Crippen MR) is 199 cm³/mol. The minimum absolute atomic E-state index is 0.0148. The fraction of sp³-hybridized carbons (Fsp3) is 0.257. The zero-order valence-electron chi connectivity index (χ0n) is 26.3. The van der Waals surface area contributed by atoms with Crippen LogP contribution in [0.3, 0.4) is 0 Å². The lowest BCUT2D eigenvalue weighted by atomic mass is 10.1. The molecule has 0 bridgehead atoms. The average Bonchev–Trinajstić information content (AvgIpc) is 3.67. The highest BCUT2D eigenvalue weighted by molar-refractivity contribution is 9.10. The van der Waals surface area contributed by atoms with Crippen LogP contribution in [0.1, 0.15) is 37.4 Å². The molecule has 1 fully saturated rings. The van der Waals surface area contributed by atoms with Crippen molar-refractivity contribution in [1.29, 1.82) is 0 Å². The number of nitrogens with zero attached hydrogens (tertiary/aromatic N) is 3. The van der Waals surface area contributed by atoms with Gasteiger partial charge in [0.05, 0.1) is 22.9 Å². The van der Waals surface area contributed by atoms with E-state index in [1.165, 1.54) is 27.0 Å². The van der Waals surface area contributed by atoms with Crippen LogP contribution in [0.4, 0.5) is 11.4 Å². The van der Waals surface area contributed by atoms with Crippen LogP contribution in [0.15, 0.2) is 87.5 Å². The number of para-hydroxylation sites is 2. The number of carbonyl (C=O) groups excluding carboxylic acids is 2. The van der Waals surface area contributed by atoms with Crippen LogP contribution in [0.25, 0.3) is 10.1 Å². The van der Waals surface area contributed by atoms with Gasteiger partial charge in [0.25, 0.3) is 15.9 Å². The Kier molecular flexibility index (Phi) is 10.5. The second-order valence-corrected chi connectivity index (χ2v) is 16.3. The first-order valence-electron chi connectivity index (χ1n) is 15.4. The van der Waals surface area contributed by atoms with Gasteiger partial charge in [-0.1, -0.05) is 41.9 Å². The molecule has 1 amide bonds. The number of hydrogen-bond acceptors (Lipinski definition) is 8. The van der Waals surface area contributed by atoms with Gasteiger partial charge in [-0.05, 0) is 101 Å². The molecule has 0 spiro atoms. The summed E-state index contributed by atoms with van der Waals surface area (Å²) in [5.41, 5.74) is 2.84. The third-order valence-corrected chi connectivity index (χ3v) is 13.6. The normalized spacial score (nSPS) is 13.6. The van der Waals surface area contributed by atoms with Crippen molar-refractivity contribution in [3.63, 3.8) is 0 Å². The zero-order valence-corrected chi connectivity index (χ0v) is 31.1. The summed E-state index contributed by atoms with van der Waals surface area (Å²) in [4.78, 5) is 31.0. The lowest BCUT2D eigenvalue weighted by Crippen LogP contribution is -2.49. The molecule has 2 aromatic heterocycles. The largest absolute Gasteiger partial charge is 0.462 e. The minimum Gasteiger partial charge on any atom is -0.462 e. The van der Waals surface area contributed by atoms with Crippen molar-refractivity contribution < 1.29 is 22.7 Å². The zero-order chi connectivity index (χ0) is 34.0. The number of piperazine rings is 1. The molecule has 3 heterocycles. The molecule has 0 radical (unpaired) electrons. The number of hydrogen-bond donors (Lipinski definition) is 0. The number of thiophene rings is 2. The number of rotatable bonds is 10. The van der Waals surface area contributed by atoms with Crippen LogP contribution in [-0.2, 0) is 21.2 Å². The Morgan fingerprint density at radius 2 is 1.71 bits per heavy atom. The van der Waals surface area contributed by atoms with Crippen molar-refractivity contribution in [2.75, 3.05) is 48.5 Å². The summed E-state index contributed by atoms with van der Waals surface area (Å²) in [7, 11) is -4.10. The molecule has 1 saturated heterocycles. The van der Waals surface area contributed by atoms with Crippen LogP contribution < -0.4 is 9.21 Å². The molecular weight excluding hydrogens is 754 g/mol. The highest BCUT2D eigenvalue weighted by Gasteiger charge is 2.31. The lowest BCUT2D eigenvalue weighted by molar-refractivity contribution is 0.0531. The van der Waals surface area contributed by atoms with Crippen LogP contribution in [0, 0.1) is 6.92 Å². The summed E-state index contributed by atoms with van der Waals surface area (Å²) in [6.45, 7) is 6.05. The Morgan fingerprint density at radius 1 is 0.979 bits per heavy atom. The van der Waals surface area contributed by atoms with Crippen LogP contribution in [0.5, 0.6) is 0 Å². The Morgan fingerprint density at radius 3 is 2.42 bits per heavy atom. The molecule has 13 heteroatoms. The van der Waals surface area contributed by atoms with Crippen molar-refractivity contribution in [3.05, 3.63) is 109 Å². The standard InChI is InChI=1S/C35H33BrClN3O5S3/c1-3-45-35(42)32-23(2)26-22-25(12-13-31(26)47-32)48(43,44)40(16-14-24-8-4-5-9-28(24)37)30-11-7-6-10-29(30)38-17-19-39(20-18-38)34(41)33-27(36)15-21-46-33/h4-13,15,21-22H,3,14,16-20H2,1-2H3. The molecule has 8 nitrogen and oxygen atoms in total. The SMILES string of the molecule is CCOC(=O)c1sc2ccc(S(=O)(=O)N(CCc3ccccc3Cl)c3ccccc3N3CCN(C(=O)c4sccc4Br)CC3)cc2c1C. The topological polar surface area (TPSA) is 87.2 Å². The maximum atomic E-state index is 14.7. The number of aryl methyl sites for hydroxylation is 1. The maximum Gasteiger partial charge on any atom is 0.348 e. The van der Waals surface area contributed by atoms with Crippen molar-refractivity contribution >= 4 is 93.6 Å². The minimum atomic E-state index is -4.10. The molecule has 250 valence electrons. The van der Waals surface area contributed by atoms with E-state index in [4.69, 9.17) is 16.3 Å². The molecule has 1 aliphatic heterocycles. The van der Waals surface area contributed by atoms with Gasteiger partial charge in [-0.2, -0.15) is 0 Å². The monoisotopic (exact) mass is 785 g/mol. The predicted octanol–water partition coefficient (Wildman–Crippen LogP) is 8.26. The van der Waals surface area contributed by atoms with Gasteiger partial charge in [0, 0.05) is 46.9 Å². The van der Waals surface area contributed by atoms with E-state index in [2.05, 4.69) is 20.8 Å². The van der Waals surface area contributed by atoms with Gasteiger partial charge < -0.3 is 14.5 Å². The average molecular weight is 787 g/mol. The Balaban J connectivity index is 1.35. The molecule has 0 unspecified atom stereocenters. The summed E-state index contributed by atoms with van der Waals surface area (Å²) in [5, 5.41) is 3.16. The Labute approximate surface area is 301 Å². The number of halogens is 2. The van der Waals surface area contributed by atoms with Gasteiger partial charge in [0.2, 0.25) is 0 Å². The number of benzene rings is 3. The summed E-state index contributed by atoms with van der Waals surface area (Å²) in [6.07, 6.45) is 0.387. The van der Waals surface area contributed by atoms with Crippen LogP contribution in [-0.4, -0.2) is 64.5 Å². The van der Waals surface area contributed by atoms with E-state index in [1.807, 2.05) is 65.7 Å². The maximum absolute atomic E-state index is 14.7. The van der Waals surface area contributed by atoms with E-state index in [9.17, 15) is 18.0 Å². The highest BCUT2D eigenvalue weighted by Crippen LogP contribution is 2.38. The van der Waals surface area contributed by atoms with E-state index in [0.29, 0.717) is 64.0 Å². The van der Waals surface area contributed by atoms with E-state index in [1.54, 1.807) is 31.2 Å². The first-order chi connectivity index (χ1) is 23.1. The first kappa shape index (κ1) is 34.4. The van der Waals surface area contributed by atoms with E-state index >= 15 is 0 Å². The second-order valence-electron chi connectivity index (χ2n) is 11.2. The highest BCUT2D eigenvalue weighted by atomic mass is 79.9. The van der Waals surface area contributed by atoms with Gasteiger partial charge in [0.15, 0.2) is 0 Å². The quantitative estimate of drug-likeness (QED) is 0.133. The molecule has 3 aromatic carbocycles. The number of sulfonamides is 1. The summed E-state index contributed by atoms with van der Waals surface area (Å²) in [5.74, 6) is -0.431. The first-order valence-corrected chi connectivity index (χ1v) is 19.7. The van der Waals surface area contributed by atoms with E-state index in [-0.39, 0.29) is 24.0 Å². The Bertz CT molecular complexity index is 2090. The molecule has 0 saturated carbocycles. The molecule has 48 heavy (non-hydrogen) atoms. The Hall–Kier alpha value is -3.42. The number of anilines is 2. The number of esters is 1. The number of ether oxygens (including phenoxy) is 1. The van der Waals surface area contributed by atoms with Crippen LogP contribution in [0.2, 0.25) is 5.02 Å². The van der Waals surface area contributed by atoms with Gasteiger partial charge in [-0.25, -0.2) is 13.2 Å². The third kappa shape index (κ3) is 6.86. The number of fused-ring (bicyclic) bond motifs is 1. The van der Waals surface area contributed by atoms with Crippen molar-refractivity contribution in [2.45, 2.75) is 25.2 Å². The smallest absolute Gasteiger partial charge is 0.348 e. The molecule has 5 aromatic rings. The fourth-order valence-electron chi connectivity index (χ4n) is 5.86. The summed E-state index contributed by atoms with van der Waals surface area (Å²) < 4.78 is 37.7. The van der Waals surface area contributed by atoms with Gasteiger partial charge >= 0.3 is 5.97 Å². The van der Waals surface area contributed by atoms with Gasteiger partial charge in [-0.3, -0.25) is 9.10 Å². The van der Waals surface area contributed by atoms with E-state index in [0.717, 1.165) is 20.4 Å². The summed E-state index contributed by atoms with van der Waals surface area (Å²) in [6, 6.07) is 21.8. The fourth-order valence-corrected chi connectivity index (χ4v) is 10.2. The molecule has 0 N–H and O–H groups in total.